The second-order valence-corrected chi connectivity index (χ2v) is 12.6. The molecule has 6 rings (SSSR count). The molecule has 1 aromatic carbocycles. The van der Waals surface area contributed by atoms with Gasteiger partial charge in [0, 0.05) is 43.0 Å². The van der Waals surface area contributed by atoms with Crippen molar-refractivity contribution in [1.29, 1.82) is 0 Å². The van der Waals surface area contributed by atoms with E-state index in [0.717, 1.165) is 31.5 Å². The quantitative estimate of drug-likeness (QED) is 0.199. The average molecular weight is 701 g/mol. The van der Waals surface area contributed by atoms with Crippen molar-refractivity contribution in [3.05, 3.63) is 74.4 Å². The standard InChI is InChI=1S/C29H27Cl3F3N7O4/c1-15(29(33,34)35)41-24(11-22(38-41)27(43)44)40-8-6-28(45,7-9-40)18-5-4-17(10-19(18)30)46-14-23-25(16-2-3-16)37-39-42(23)26-20(31)12-36-13-21(26)32/h4-5,10-13,15-16,45H,2-3,6-9,14H2,1H3,(H,43,44). The van der Waals surface area contributed by atoms with Gasteiger partial charge in [0.1, 0.15) is 35.6 Å². The lowest BCUT2D eigenvalue weighted by Crippen LogP contribution is -2.44. The number of anilines is 1. The topological polar surface area (TPSA) is 131 Å². The van der Waals surface area contributed by atoms with E-state index in [0.29, 0.717) is 37.4 Å². The second-order valence-electron chi connectivity index (χ2n) is 11.4. The number of rotatable bonds is 9. The summed E-state index contributed by atoms with van der Waals surface area (Å²) >= 11 is 19.4. The highest BCUT2D eigenvalue weighted by molar-refractivity contribution is 6.37. The fourth-order valence-corrected chi connectivity index (χ4v) is 6.42. The summed E-state index contributed by atoms with van der Waals surface area (Å²) in [5, 5.41) is 34.1. The lowest BCUT2D eigenvalue weighted by Gasteiger charge is -2.40. The van der Waals surface area contributed by atoms with E-state index in [1.54, 1.807) is 27.8 Å². The minimum atomic E-state index is -4.64. The van der Waals surface area contributed by atoms with Gasteiger partial charge in [-0.1, -0.05) is 46.1 Å². The van der Waals surface area contributed by atoms with Crippen LogP contribution in [0.15, 0.2) is 36.7 Å². The van der Waals surface area contributed by atoms with Crippen LogP contribution in [0.3, 0.4) is 0 Å². The Hall–Kier alpha value is -3.59. The third-order valence-electron chi connectivity index (χ3n) is 8.31. The van der Waals surface area contributed by atoms with E-state index in [1.807, 2.05) is 0 Å². The van der Waals surface area contributed by atoms with Crippen molar-refractivity contribution in [1.82, 2.24) is 29.8 Å². The van der Waals surface area contributed by atoms with Crippen LogP contribution >= 0.6 is 34.8 Å². The SMILES string of the molecule is CC(n1nc(C(=O)O)cc1N1CCC(O)(c2ccc(OCc3c(C4CC4)nnn3-c3c(Cl)cncc3Cl)cc2Cl)CC1)C(F)(F)F. The van der Waals surface area contributed by atoms with Crippen molar-refractivity contribution in [2.24, 2.45) is 0 Å². The predicted octanol–water partition coefficient (Wildman–Crippen LogP) is 6.58. The summed E-state index contributed by atoms with van der Waals surface area (Å²) in [5.74, 6) is -0.759. The molecule has 3 aromatic heterocycles. The van der Waals surface area contributed by atoms with E-state index in [-0.39, 0.29) is 49.3 Å². The monoisotopic (exact) mass is 699 g/mol. The maximum Gasteiger partial charge on any atom is 0.410 e. The molecule has 4 aromatic rings. The highest BCUT2D eigenvalue weighted by Crippen LogP contribution is 2.43. The fourth-order valence-electron chi connectivity index (χ4n) is 5.55. The summed E-state index contributed by atoms with van der Waals surface area (Å²) in [5.41, 5.74) is 0.445. The van der Waals surface area contributed by atoms with Gasteiger partial charge in [-0.05, 0) is 44.7 Å². The van der Waals surface area contributed by atoms with Crippen LogP contribution in [0.1, 0.15) is 72.0 Å². The number of aromatic carboxylic acids is 1. The zero-order valence-electron chi connectivity index (χ0n) is 24.2. The number of carboxylic acids is 1. The maximum absolute atomic E-state index is 13.5. The second kappa shape index (κ2) is 12.2. The molecule has 0 amide bonds. The van der Waals surface area contributed by atoms with Crippen molar-refractivity contribution in [3.8, 4) is 11.4 Å². The molecule has 0 spiro atoms. The molecular formula is C29H27Cl3F3N7O4. The number of nitrogens with zero attached hydrogens (tertiary/aromatic N) is 7. The molecule has 1 unspecified atom stereocenters. The van der Waals surface area contributed by atoms with Gasteiger partial charge in [0.2, 0.25) is 0 Å². The van der Waals surface area contributed by atoms with Gasteiger partial charge in [-0.25, -0.2) is 14.2 Å². The number of piperidine rings is 1. The Bertz CT molecular complexity index is 1770. The van der Waals surface area contributed by atoms with E-state index in [4.69, 9.17) is 39.5 Å². The summed E-state index contributed by atoms with van der Waals surface area (Å²) < 4.78 is 48.9. The van der Waals surface area contributed by atoms with Crippen LogP contribution in [0.25, 0.3) is 5.69 Å². The van der Waals surface area contributed by atoms with Gasteiger partial charge in [0.05, 0.1) is 26.4 Å². The fraction of sp³-hybridized carbons (Fsp3) is 0.414. The molecule has 2 N–H and O–H groups in total. The van der Waals surface area contributed by atoms with Gasteiger partial charge in [-0.3, -0.25) is 4.98 Å². The Labute approximate surface area is 275 Å². The molecule has 0 radical (unpaired) electrons. The summed E-state index contributed by atoms with van der Waals surface area (Å²) in [7, 11) is 0. The minimum Gasteiger partial charge on any atom is -0.487 e. The van der Waals surface area contributed by atoms with E-state index in [1.165, 1.54) is 12.4 Å². The van der Waals surface area contributed by atoms with Crippen LogP contribution in [0.5, 0.6) is 5.75 Å². The maximum atomic E-state index is 13.5. The molecule has 4 heterocycles. The van der Waals surface area contributed by atoms with Crippen LogP contribution in [-0.4, -0.2) is 65.2 Å². The lowest BCUT2D eigenvalue weighted by molar-refractivity contribution is -0.165. The largest absolute Gasteiger partial charge is 0.487 e. The van der Waals surface area contributed by atoms with Crippen molar-refractivity contribution < 1.29 is 32.9 Å². The highest BCUT2D eigenvalue weighted by atomic mass is 35.5. The molecule has 0 bridgehead atoms. The number of halogens is 6. The summed E-state index contributed by atoms with van der Waals surface area (Å²) in [6, 6.07) is 3.97. The zero-order valence-corrected chi connectivity index (χ0v) is 26.4. The smallest absolute Gasteiger partial charge is 0.410 e. The average Bonchev–Trinajstić information content (AvgIpc) is 3.60. The van der Waals surface area contributed by atoms with Gasteiger partial charge >= 0.3 is 12.1 Å². The minimum absolute atomic E-state index is 0.00718. The van der Waals surface area contributed by atoms with Crippen LogP contribution < -0.4 is 9.64 Å². The first-order valence-corrected chi connectivity index (χ1v) is 15.4. The lowest BCUT2D eigenvalue weighted by atomic mass is 9.84. The number of benzene rings is 1. The number of aromatic nitrogens is 6. The Morgan fingerprint density at radius 2 is 1.78 bits per heavy atom. The van der Waals surface area contributed by atoms with Crippen molar-refractivity contribution in [2.75, 3.05) is 18.0 Å². The summed E-state index contributed by atoms with van der Waals surface area (Å²) in [6.07, 6.45) is 0.469. The number of pyridine rings is 1. The van der Waals surface area contributed by atoms with E-state index in [9.17, 15) is 28.2 Å². The van der Waals surface area contributed by atoms with E-state index < -0.39 is 29.5 Å². The Balaban J connectivity index is 1.18. The van der Waals surface area contributed by atoms with Crippen molar-refractivity contribution in [2.45, 2.75) is 63.0 Å². The predicted molar refractivity (Wildman–Crippen MR) is 162 cm³/mol. The van der Waals surface area contributed by atoms with Crippen LogP contribution in [0.4, 0.5) is 19.0 Å². The van der Waals surface area contributed by atoms with Gasteiger partial charge in [-0.2, -0.15) is 18.3 Å². The summed E-state index contributed by atoms with van der Waals surface area (Å²) in [6.45, 7) is 1.24. The molecular weight excluding hydrogens is 674 g/mol. The molecule has 1 aliphatic heterocycles. The molecule has 244 valence electrons. The molecule has 17 heteroatoms. The highest BCUT2D eigenvalue weighted by Gasteiger charge is 2.42. The molecule has 1 saturated heterocycles. The van der Waals surface area contributed by atoms with Crippen LogP contribution in [0.2, 0.25) is 15.1 Å². The van der Waals surface area contributed by atoms with Crippen molar-refractivity contribution >= 4 is 46.6 Å². The molecule has 11 nitrogen and oxygen atoms in total. The number of aliphatic hydroxyl groups is 1. The number of hydrogen-bond donors (Lipinski definition) is 2. The summed E-state index contributed by atoms with van der Waals surface area (Å²) in [4.78, 5) is 17.1. The Kier molecular flexibility index (Phi) is 8.59. The number of carbonyl (C=O) groups is 1. The molecule has 46 heavy (non-hydrogen) atoms. The molecule has 2 fully saturated rings. The number of alkyl halides is 3. The van der Waals surface area contributed by atoms with E-state index >= 15 is 0 Å². The third-order valence-corrected chi connectivity index (χ3v) is 9.17. The normalized spacial score (nSPS) is 17.3. The first-order chi connectivity index (χ1) is 21.8. The molecule has 1 aliphatic carbocycles. The van der Waals surface area contributed by atoms with Gasteiger partial charge < -0.3 is 19.8 Å². The van der Waals surface area contributed by atoms with Crippen LogP contribution in [0, 0.1) is 0 Å². The molecule has 1 atom stereocenters. The van der Waals surface area contributed by atoms with Gasteiger partial charge in [0.15, 0.2) is 5.69 Å². The number of carboxylic acid groups (broad SMARTS) is 1. The number of hydrogen-bond acceptors (Lipinski definition) is 8. The number of ether oxygens (including phenoxy) is 1. The molecule has 2 aliphatic rings. The van der Waals surface area contributed by atoms with E-state index in [2.05, 4.69) is 20.4 Å². The third kappa shape index (κ3) is 6.23. The molecule has 1 saturated carbocycles. The Morgan fingerprint density at radius 3 is 2.37 bits per heavy atom. The van der Waals surface area contributed by atoms with Gasteiger partial charge in [-0.15, -0.1) is 5.10 Å². The van der Waals surface area contributed by atoms with Gasteiger partial charge in [0.25, 0.3) is 0 Å². The first-order valence-electron chi connectivity index (χ1n) is 14.3. The van der Waals surface area contributed by atoms with Crippen LogP contribution in [-0.2, 0) is 12.2 Å². The zero-order chi connectivity index (χ0) is 33.0. The first kappa shape index (κ1) is 32.4. The van der Waals surface area contributed by atoms with Crippen molar-refractivity contribution in [3.63, 3.8) is 0 Å². The Morgan fingerprint density at radius 1 is 1.11 bits per heavy atom.